The van der Waals surface area contributed by atoms with Gasteiger partial charge in [0.1, 0.15) is 0 Å². The second-order valence-corrected chi connectivity index (χ2v) is 6.90. The number of aliphatic hydroxyl groups excluding tert-OH is 1. The molecule has 122 valence electrons. The zero-order valence-corrected chi connectivity index (χ0v) is 13.8. The van der Waals surface area contributed by atoms with Crippen LogP contribution in [0.1, 0.15) is 25.6 Å². The zero-order chi connectivity index (χ0) is 15.9. The summed E-state index contributed by atoms with van der Waals surface area (Å²) >= 11 is 0. The first-order valence-corrected chi connectivity index (χ1v) is 7.86. The van der Waals surface area contributed by atoms with Gasteiger partial charge in [-0.2, -0.15) is 0 Å². The zero-order valence-electron chi connectivity index (χ0n) is 13.8. The van der Waals surface area contributed by atoms with Crippen LogP contribution < -0.4 is 14.8 Å². The van der Waals surface area contributed by atoms with Gasteiger partial charge in [-0.25, -0.2) is 0 Å². The highest BCUT2D eigenvalue weighted by atomic mass is 16.5. The van der Waals surface area contributed by atoms with Gasteiger partial charge in [0, 0.05) is 25.0 Å². The monoisotopic (exact) mass is 306 g/mol. The van der Waals surface area contributed by atoms with Crippen LogP contribution in [0.15, 0.2) is 18.2 Å². The minimum atomic E-state index is -0.248. The Hall–Kier alpha value is -1.30. The Kier molecular flexibility index (Phi) is 4.05. The van der Waals surface area contributed by atoms with Crippen LogP contribution in [0.3, 0.4) is 0 Å². The lowest BCUT2D eigenvalue weighted by atomic mass is 9.72. The molecule has 3 rings (SSSR count). The molecule has 2 aliphatic heterocycles. The van der Waals surface area contributed by atoms with Crippen molar-refractivity contribution in [3.63, 3.8) is 0 Å². The van der Waals surface area contributed by atoms with E-state index in [0.29, 0.717) is 0 Å². The van der Waals surface area contributed by atoms with E-state index >= 15 is 0 Å². The molecule has 5 unspecified atom stereocenters. The van der Waals surface area contributed by atoms with E-state index in [1.165, 1.54) is 5.56 Å². The van der Waals surface area contributed by atoms with Gasteiger partial charge in [0.15, 0.2) is 11.5 Å². The number of rotatable bonds is 3. The number of hydrogen-bond donors (Lipinski definition) is 2. The van der Waals surface area contributed by atoms with Crippen molar-refractivity contribution in [1.82, 2.24) is 10.2 Å². The number of nitrogens with zero attached hydrogens (tertiary/aromatic N) is 1. The molecule has 2 heterocycles. The topological polar surface area (TPSA) is 54.0 Å². The smallest absolute Gasteiger partial charge is 0.161 e. The SMILES string of the molecule is COc1ccc(C2NCC3(C)CN2CC(C)C3O)cc1OC. The summed E-state index contributed by atoms with van der Waals surface area (Å²) in [6.45, 7) is 6.91. The molecule has 0 saturated carbocycles. The van der Waals surface area contributed by atoms with E-state index in [-0.39, 0.29) is 23.6 Å². The van der Waals surface area contributed by atoms with E-state index in [1.54, 1.807) is 14.2 Å². The molecule has 5 nitrogen and oxygen atoms in total. The Morgan fingerprint density at radius 1 is 1.27 bits per heavy atom. The maximum Gasteiger partial charge on any atom is 0.161 e. The fraction of sp³-hybridized carbons (Fsp3) is 0.647. The van der Waals surface area contributed by atoms with Crippen molar-refractivity contribution < 1.29 is 14.6 Å². The fourth-order valence-corrected chi connectivity index (χ4v) is 3.95. The highest BCUT2D eigenvalue weighted by Gasteiger charge is 2.47. The van der Waals surface area contributed by atoms with E-state index in [1.807, 2.05) is 12.1 Å². The Balaban J connectivity index is 1.87. The molecule has 2 aliphatic rings. The van der Waals surface area contributed by atoms with Gasteiger partial charge >= 0.3 is 0 Å². The molecule has 1 aromatic carbocycles. The van der Waals surface area contributed by atoms with Crippen LogP contribution in [0.5, 0.6) is 11.5 Å². The summed E-state index contributed by atoms with van der Waals surface area (Å²) in [5.74, 6) is 1.78. The summed E-state index contributed by atoms with van der Waals surface area (Å²) in [6, 6.07) is 6.07. The molecule has 5 atom stereocenters. The summed E-state index contributed by atoms with van der Waals surface area (Å²) in [5, 5.41) is 14.0. The predicted molar refractivity (Wildman–Crippen MR) is 85.1 cm³/mol. The molecule has 22 heavy (non-hydrogen) atoms. The van der Waals surface area contributed by atoms with Gasteiger partial charge in [-0.3, -0.25) is 10.2 Å². The van der Waals surface area contributed by atoms with E-state index < -0.39 is 0 Å². The summed E-state index contributed by atoms with van der Waals surface area (Å²) in [6.07, 6.45) is -0.0922. The normalized spacial score (nSPS) is 37.7. The number of methoxy groups -OCH3 is 2. The van der Waals surface area contributed by atoms with Gasteiger partial charge in [0.25, 0.3) is 0 Å². The van der Waals surface area contributed by atoms with Gasteiger partial charge in [-0.15, -0.1) is 0 Å². The van der Waals surface area contributed by atoms with Crippen molar-refractivity contribution >= 4 is 0 Å². The first kappa shape index (κ1) is 15.6. The van der Waals surface area contributed by atoms with E-state index in [2.05, 4.69) is 30.1 Å². The van der Waals surface area contributed by atoms with Crippen LogP contribution in [0.4, 0.5) is 0 Å². The molecular formula is C17H26N2O3. The molecular weight excluding hydrogens is 280 g/mol. The third-order valence-corrected chi connectivity index (χ3v) is 5.13. The second kappa shape index (κ2) is 5.72. The first-order valence-electron chi connectivity index (χ1n) is 7.86. The first-order chi connectivity index (χ1) is 10.5. The molecule has 0 radical (unpaired) electrons. The highest BCUT2D eigenvalue weighted by molar-refractivity contribution is 5.43. The van der Waals surface area contributed by atoms with Crippen LogP contribution in [-0.2, 0) is 0 Å². The van der Waals surface area contributed by atoms with Crippen molar-refractivity contribution in [2.75, 3.05) is 33.9 Å². The van der Waals surface area contributed by atoms with E-state index in [4.69, 9.17) is 9.47 Å². The Morgan fingerprint density at radius 2 is 2.00 bits per heavy atom. The van der Waals surface area contributed by atoms with Crippen molar-refractivity contribution in [3.05, 3.63) is 23.8 Å². The molecule has 0 aromatic heterocycles. The number of piperidine rings is 1. The molecule has 2 saturated heterocycles. The van der Waals surface area contributed by atoms with Crippen LogP contribution in [0.25, 0.3) is 0 Å². The van der Waals surface area contributed by atoms with Gasteiger partial charge in [0.05, 0.1) is 26.5 Å². The standard InChI is InChI=1S/C17H26N2O3/c1-11-8-19-10-17(2,15(11)20)9-18-16(19)12-5-6-13(21-3)14(7-12)22-4/h5-7,11,15-16,18,20H,8-10H2,1-4H3. The number of aliphatic hydroxyl groups is 1. The van der Waals surface area contributed by atoms with Crippen LogP contribution in [0, 0.1) is 11.3 Å². The second-order valence-electron chi connectivity index (χ2n) is 6.90. The molecule has 0 spiro atoms. The molecule has 0 amide bonds. The van der Waals surface area contributed by atoms with Gasteiger partial charge in [-0.1, -0.05) is 19.9 Å². The summed E-state index contributed by atoms with van der Waals surface area (Å²) < 4.78 is 10.7. The lowest BCUT2D eigenvalue weighted by Gasteiger charge is -2.54. The van der Waals surface area contributed by atoms with E-state index in [0.717, 1.165) is 31.1 Å². The van der Waals surface area contributed by atoms with Crippen molar-refractivity contribution in [3.8, 4) is 11.5 Å². The maximum absolute atomic E-state index is 10.5. The van der Waals surface area contributed by atoms with Gasteiger partial charge < -0.3 is 14.6 Å². The highest BCUT2D eigenvalue weighted by Crippen LogP contribution is 2.41. The largest absolute Gasteiger partial charge is 0.493 e. The molecule has 0 aliphatic carbocycles. The number of hydrogen-bond acceptors (Lipinski definition) is 5. The van der Waals surface area contributed by atoms with Crippen molar-refractivity contribution in [1.29, 1.82) is 0 Å². The number of fused-ring (bicyclic) bond motifs is 2. The average Bonchev–Trinajstić information content (AvgIpc) is 2.52. The van der Waals surface area contributed by atoms with Crippen LogP contribution in [-0.4, -0.2) is 50.0 Å². The molecule has 2 fully saturated rings. The third kappa shape index (κ3) is 2.47. The Labute approximate surface area is 132 Å². The minimum Gasteiger partial charge on any atom is -0.493 e. The summed E-state index contributed by atoms with van der Waals surface area (Å²) in [4.78, 5) is 2.42. The molecule has 1 aromatic rings. The third-order valence-electron chi connectivity index (χ3n) is 5.13. The van der Waals surface area contributed by atoms with Crippen molar-refractivity contribution in [2.24, 2.45) is 11.3 Å². The number of benzene rings is 1. The van der Waals surface area contributed by atoms with E-state index in [9.17, 15) is 5.11 Å². The average molecular weight is 306 g/mol. The van der Waals surface area contributed by atoms with Crippen LogP contribution >= 0.6 is 0 Å². The molecule has 5 heteroatoms. The quantitative estimate of drug-likeness (QED) is 0.889. The lowest BCUT2D eigenvalue weighted by Crippen LogP contribution is -2.65. The minimum absolute atomic E-state index is 0.0786. The lowest BCUT2D eigenvalue weighted by molar-refractivity contribution is -0.114. The van der Waals surface area contributed by atoms with Gasteiger partial charge in [-0.05, 0) is 23.6 Å². The fourth-order valence-electron chi connectivity index (χ4n) is 3.95. The molecule has 2 N–H and O–H groups in total. The van der Waals surface area contributed by atoms with Crippen molar-refractivity contribution in [2.45, 2.75) is 26.1 Å². The summed E-state index contributed by atoms with van der Waals surface area (Å²) in [5.41, 5.74) is 1.09. The van der Waals surface area contributed by atoms with Gasteiger partial charge in [0.2, 0.25) is 0 Å². The number of nitrogens with one attached hydrogen (secondary N) is 1. The molecule has 2 bridgehead atoms. The number of ether oxygens (including phenoxy) is 2. The predicted octanol–water partition coefficient (Wildman–Crippen LogP) is 1.62. The summed E-state index contributed by atoms with van der Waals surface area (Å²) in [7, 11) is 3.31. The Bertz CT molecular complexity index is 551. The Morgan fingerprint density at radius 3 is 2.68 bits per heavy atom. The van der Waals surface area contributed by atoms with Crippen LogP contribution in [0.2, 0.25) is 0 Å². The maximum atomic E-state index is 10.5.